The van der Waals surface area contributed by atoms with Crippen molar-refractivity contribution in [2.45, 2.75) is 47.1 Å². The third-order valence-electron chi connectivity index (χ3n) is 3.93. The van der Waals surface area contributed by atoms with E-state index in [0.29, 0.717) is 5.88 Å². The molecule has 4 nitrogen and oxygen atoms in total. The van der Waals surface area contributed by atoms with Crippen LogP contribution in [0.5, 0.6) is 5.88 Å². The van der Waals surface area contributed by atoms with Crippen LogP contribution in [0.25, 0.3) is 22.3 Å². The molecule has 0 aliphatic carbocycles. The molecular formula is C19H23N3O. The molecule has 0 atom stereocenters. The molecule has 0 fully saturated rings. The number of aryl methyl sites for hydroxylation is 3. The molecule has 23 heavy (non-hydrogen) atoms. The highest BCUT2D eigenvalue weighted by Gasteiger charge is 2.14. The van der Waals surface area contributed by atoms with Crippen molar-refractivity contribution in [2.24, 2.45) is 0 Å². The van der Waals surface area contributed by atoms with Crippen LogP contribution in [0.15, 0.2) is 24.4 Å². The first kappa shape index (κ1) is 15.5. The highest BCUT2D eigenvalue weighted by Crippen LogP contribution is 2.29. The Kier molecular flexibility index (Phi) is 4.07. The van der Waals surface area contributed by atoms with Gasteiger partial charge < -0.3 is 9.72 Å². The van der Waals surface area contributed by atoms with Crippen molar-refractivity contribution < 1.29 is 4.74 Å². The van der Waals surface area contributed by atoms with Crippen LogP contribution < -0.4 is 4.74 Å². The van der Waals surface area contributed by atoms with E-state index >= 15 is 0 Å². The summed E-state index contributed by atoms with van der Waals surface area (Å²) in [6.45, 7) is 10.3. The standard InChI is InChI=1S/C19H23N3O/c1-6-15-14(7-8-17(21-15)23-11(2)3)18-12(4)9-16-19(22-18)13(5)10-20-16/h7-11,20H,6H2,1-5H3. The molecule has 0 radical (unpaired) electrons. The lowest BCUT2D eigenvalue weighted by Gasteiger charge is -2.13. The topological polar surface area (TPSA) is 50.8 Å². The number of hydrogen-bond donors (Lipinski definition) is 1. The number of pyridine rings is 2. The van der Waals surface area contributed by atoms with Gasteiger partial charge in [-0.2, -0.15) is 0 Å². The molecule has 4 heteroatoms. The Morgan fingerprint density at radius 2 is 1.91 bits per heavy atom. The fourth-order valence-corrected chi connectivity index (χ4v) is 2.82. The molecule has 3 rings (SSSR count). The van der Waals surface area contributed by atoms with Crippen molar-refractivity contribution in [3.63, 3.8) is 0 Å². The molecular weight excluding hydrogens is 286 g/mol. The largest absolute Gasteiger partial charge is 0.475 e. The van der Waals surface area contributed by atoms with Gasteiger partial charge in [0, 0.05) is 17.8 Å². The van der Waals surface area contributed by atoms with Crippen LogP contribution in [0.3, 0.4) is 0 Å². The highest BCUT2D eigenvalue weighted by atomic mass is 16.5. The van der Waals surface area contributed by atoms with E-state index in [1.165, 1.54) is 0 Å². The maximum Gasteiger partial charge on any atom is 0.213 e. The summed E-state index contributed by atoms with van der Waals surface area (Å²) < 4.78 is 5.72. The Balaban J connectivity index is 2.13. The first-order valence-corrected chi connectivity index (χ1v) is 8.11. The smallest absolute Gasteiger partial charge is 0.213 e. The molecule has 1 N–H and O–H groups in total. The number of nitrogens with zero attached hydrogens (tertiary/aromatic N) is 2. The molecule has 0 aromatic carbocycles. The van der Waals surface area contributed by atoms with E-state index < -0.39 is 0 Å². The van der Waals surface area contributed by atoms with Gasteiger partial charge >= 0.3 is 0 Å². The predicted octanol–water partition coefficient (Wildman–Crippen LogP) is 4.59. The fraction of sp³-hybridized carbons (Fsp3) is 0.368. The van der Waals surface area contributed by atoms with Gasteiger partial charge in [0.25, 0.3) is 0 Å². The summed E-state index contributed by atoms with van der Waals surface area (Å²) in [6, 6.07) is 6.17. The second-order valence-corrected chi connectivity index (χ2v) is 6.19. The zero-order valence-corrected chi connectivity index (χ0v) is 14.4. The minimum atomic E-state index is 0.122. The van der Waals surface area contributed by atoms with E-state index in [1.54, 1.807) is 0 Å². The summed E-state index contributed by atoms with van der Waals surface area (Å²) >= 11 is 0. The Morgan fingerprint density at radius 3 is 2.61 bits per heavy atom. The number of fused-ring (bicyclic) bond motifs is 1. The van der Waals surface area contributed by atoms with Crippen molar-refractivity contribution in [3.8, 4) is 17.1 Å². The second kappa shape index (κ2) is 6.03. The second-order valence-electron chi connectivity index (χ2n) is 6.19. The van der Waals surface area contributed by atoms with Crippen molar-refractivity contribution in [2.75, 3.05) is 0 Å². The number of nitrogens with one attached hydrogen (secondary N) is 1. The van der Waals surface area contributed by atoms with Crippen molar-refractivity contribution in [1.82, 2.24) is 15.0 Å². The van der Waals surface area contributed by atoms with E-state index in [4.69, 9.17) is 9.72 Å². The molecule has 0 spiro atoms. The average Bonchev–Trinajstić information content (AvgIpc) is 2.86. The monoisotopic (exact) mass is 309 g/mol. The Morgan fingerprint density at radius 1 is 1.13 bits per heavy atom. The van der Waals surface area contributed by atoms with Gasteiger partial charge in [-0.25, -0.2) is 9.97 Å². The van der Waals surface area contributed by atoms with Crippen LogP contribution in [0.1, 0.15) is 37.6 Å². The van der Waals surface area contributed by atoms with E-state index in [2.05, 4.69) is 42.9 Å². The van der Waals surface area contributed by atoms with E-state index in [-0.39, 0.29) is 6.10 Å². The van der Waals surface area contributed by atoms with E-state index in [0.717, 1.165) is 45.5 Å². The molecule has 3 aromatic rings. The van der Waals surface area contributed by atoms with Crippen molar-refractivity contribution in [3.05, 3.63) is 41.2 Å². The summed E-state index contributed by atoms with van der Waals surface area (Å²) in [5.41, 5.74) is 7.51. The third-order valence-corrected chi connectivity index (χ3v) is 3.93. The first-order chi connectivity index (χ1) is 11.0. The lowest BCUT2D eigenvalue weighted by atomic mass is 10.0. The summed E-state index contributed by atoms with van der Waals surface area (Å²) in [6.07, 6.45) is 2.96. The minimum Gasteiger partial charge on any atom is -0.475 e. The van der Waals surface area contributed by atoms with Crippen LogP contribution in [0.2, 0.25) is 0 Å². The minimum absolute atomic E-state index is 0.122. The van der Waals surface area contributed by atoms with E-state index in [9.17, 15) is 0 Å². The van der Waals surface area contributed by atoms with Gasteiger partial charge in [-0.15, -0.1) is 0 Å². The Labute approximate surface area is 136 Å². The molecule has 0 unspecified atom stereocenters. The number of aromatic amines is 1. The zero-order valence-electron chi connectivity index (χ0n) is 14.4. The molecule has 0 saturated carbocycles. The first-order valence-electron chi connectivity index (χ1n) is 8.11. The lowest BCUT2D eigenvalue weighted by molar-refractivity contribution is 0.232. The normalized spacial score (nSPS) is 11.4. The quantitative estimate of drug-likeness (QED) is 0.766. The van der Waals surface area contributed by atoms with Crippen molar-refractivity contribution >= 4 is 11.0 Å². The van der Waals surface area contributed by atoms with Crippen LogP contribution in [0, 0.1) is 13.8 Å². The molecule has 0 bridgehead atoms. The van der Waals surface area contributed by atoms with Gasteiger partial charge in [0.1, 0.15) is 0 Å². The number of hydrogen-bond acceptors (Lipinski definition) is 3. The third kappa shape index (κ3) is 2.93. The Hall–Kier alpha value is -2.36. The Bertz CT molecular complexity index is 849. The lowest BCUT2D eigenvalue weighted by Crippen LogP contribution is -2.08. The number of aromatic nitrogens is 3. The summed E-state index contributed by atoms with van der Waals surface area (Å²) in [5.74, 6) is 0.678. The molecule has 3 heterocycles. The van der Waals surface area contributed by atoms with E-state index in [1.807, 2.05) is 26.1 Å². The number of rotatable bonds is 4. The summed E-state index contributed by atoms with van der Waals surface area (Å²) in [7, 11) is 0. The van der Waals surface area contributed by atoms with Gasteiger partial charge in [-0.1, -0.05) is 6.92 Å². The van der Waals surface area contributed by atoms with Gasteiger partial charge in [0.15, 0.2) is 0 Å². The molecule has 0 amide bonds. The number of ether oxygens (including phenoxy) is 1. The van der Waals surface area contributed by atoms with Crippen molar-refractivity contribution in [1.29, 1.82) is 0 Å². The van der Waals surface area contributed by atoms with Gasteiger partial charge in [0.2, 0.25) is 5.88 Å². The summed E-state index contributed by atoms with van der Waals surface area (Å²) in [5, 5.41) is 0. The van der Waals surface area contributed by atoms with Crippen LogP contribution in [0.4, 0.5) is 0 Å². The zero-order chi connectivity index (χ0) is 16.6. The van der Waals surface area contributed by atoms with Crippen LogP contribution >= 0.6 is 0 Å². The predicted molar refractivity (Wildman–Crippen MR) is 93.9 cm³/mol. The SMILES string of the molecule is CCc1nc(OC(C)C)ccc1-c1nc2c(C)c[nH]c2cc1C. The molecule has 3 aromatic heterocycles. The average molecular weight is 309 g/mol. The maximum atomic E-state index is 5.72. The van der Waals surface area contributed by atoms with Gasteiger partial charge in [-0.05, 0) is 57.4 Å². The molecule has 120 valence electrons. The van der Waals surface area contributed by atoms with Crippen LogP contribution in [-0.2, 0) is 6.42 Å². The van der Waals surface area contributed by atoms with Gasteiger partial charge in [0.05, 0.1) is 28.5 Å². The van der Waals surface area contributed by atoms with Crippen LogP contribution in [-0.4, -0.2) is 21.1 Å². The highest BCUT2D eigenvalue weighted by molar-refractivity contribution is 5.83. The molecule has 0 aliphatic heterocycles. The van der Waals surface area contributed by atoms with Gasteiger partial charge in [-0.3, -0.25) is 0 Å². The summed E-state index contributed by atoms with van der Waals surface area (Å²) in [4.78, 5) is 12.8. The number of H-pyrrole nitrogens is 1. The fourth-order valence-electron chi connectivity index (χ4n) is 2.82. The molecule has 0 aliphatic rings. The maximum absolute atomic E-state index is 5.72. The molecule has 0 saturated heterocycles.